The number of nitrogens with two attached hydrogens (primary N) is 1. The molecule has 0 radical (unpaired) electrons. The number of halogens is 1. The molecular weight excluding hydrogens is 348 g/mol. The monoisotopic (exact) mass is 368 g/mol. The Balaban J connectivity index is 1.73. The van der Waals surface area contributed by atoms with Crippen molar-refractivity contribution < 1.29 is 0 Å². The van der Waals surface area contributed by atoms with Gasteiger partial charge in [0.2, 0.25) is 0 Å². The van der Waals surface area contributed by atoms with Gasteiger partial charge in [-0.1, -0.05) is 37.1 Å². The van der Waals surface area contributed by atoms with Crippen LogP contribution in [0, 0.1) is 0 Å². The van der Waals surface area contributed by atoms with Crippen molar-refractivity contribution in [3.63, 3.8) is 0 Å². The molecule has 0 aliphatic carbocycles. The molecule has 3 rings (SSSR count). The number of benzene rings is 1. The van der Waals surface area contributed by atoms with Crippen LogP contribution in [0.1, 0.15) is 25.3 Å². The Hall–Kier alpha value is -2.86. The number of rotatable bonds is 7. The van der Waals surface area contributed by atoms with Crippen LogP contribution >= 0.6 is 11.6 Å². The van der Waals surface area contributed by atoms with Crippen molar-refractivity contribution in [1.82, 2.24) is 15.0 Å². The fraction of sp³-hybridized carbons (Fsp3) is 0.211. The van der Waals surface area contributed by atoms with Gasteiger partial charge in [0, 0.05) is 11.9 Å². The zero-order chi connectivity index (χ0) is 18.4. The fourth-order valence-electron chi connectivity index (χ4n) is 2.44. The maximum Gasteiger partial charge on any atom is 0.160 e. The zero-order valence-electron chi connectivity index (χ0n) is 14.5. The number of anilines is 5. The number of aryl methyl sites for hydroxylation is 1. The third-order valence-electron chi connectivity index (χ3n) is 3.89. The first-order valence-corrected chi connectivity index (χ1v) is 8.88. The lowest BCUT2D eigenvalue weighted by atomic mass is 10.1. The molecule has 0 bridgehead atoms. The van der Waals surface area contributed by atoms with E-state index >= 15 is 0 Å². The molecule has 0 saturated carbocycles. The maximum atomic E-state index is 6.20. The van der Waals surface area contributed by atoms with E-state index in [0.717, 1.165) is 12.1 Å². The van der Waals surface area contributed by atoms with Crippen molar-refractivity contribution in [2.75, 3.05) is 16.4 Å². The van der Waals surface area contributed by atoms with E-state index < -0.39 is 0 Å². The van der Waals surface area contributed by atoms with Crippen molar-refractivity contribution in [1.29, 1.82) is 0 Å². The van der Waals surface area contributed by atoms with Crippen LogP contribution in [0.2, 0.25) is 5.02 Å². The Bertz CT molecular complexity index is 849. The van der Waals surface area contributed by atoms with E-state index in [1.54, 1.807) is 18.3 Å². The van der Waals surface area contributed by atoms with Gasteiger partial charge in [-0.3, -0.25) is 0 Å². The normalized spacial score (nSPS) is 10.5. The number of nitrogens with one attached hydrogen (secondary N) is 2. The van der Waals surface area contributed by atoms with Crippen molar-refractivity contribution in [3.05, 3.63) is 59.5 Å². The fourth-order valence-corrected chi connectivity index (χ4v) is 2.55. The van der Waals surface area contributed by atoms with Crippen LogP contribution in [0.3, 0.4) is 0 Å². The molecule has 3 aromatic rings. The van der Waals surface area contributed by atoms with Gasteiger partial charge in [-0.2, -0.15) is 0 Å². The van der Waals surface area contributed by atoms with Crippen LogP contribution in [0.15, 0.2) is 48.9 Å². The van der Waals surface area contributed by atoms with Gasteiger partial charge in [0.25, 0.3) is 0 Å². The first kappa shape index (κ1) is 17.9. The molecule has 1 aromatic carbocycles. The van der Waals surface area contributed by atoms with E-state index in [9.17, 15) is 0 Å². The number of nitrogens with zero attached hydrogens (tertiary/aromatic N) is 3. The number of hydrogen-bond acceptors (Lipinski definition) is 6. The predicted octanol–water partition coefficient (Wildman–Crippen LogP) is 4.94. The molecule has 0 unspecified atom stereocenters. The summed E-state index contributed by atoms with van der Waals surface area (Å²) < 4.78 is 0. The van der Waals surface area contributed by atoms with Gasteiger partial charge in [-0.05, 0) is 42.7 Å². The number of pyridine rings is 1. The SMILES string of the molecule is CCCCc1ccc(Nc2ncnc(Nc3ccc(Cl)cn3)c2N)cc1. The molecular formula is C19H21ClN6. The second kappa shape index (κ2) is 8.49. The molecule has 26 heavy (non-hydrogen) atoms. The smallest absolute Gasteiger partial charge is 0.160 e. The van der Waals surface area contributed by atoms with Gasteiger partial charge in [0.05, 0.1) is 5.02 Å². The minimum absolute atomic E-state index is 0.416. The van der Waals surface area contributed by atoms with Crippen LogP contribution in [0.4, 0.5) is 28.8 Å². The molecule has 134 valence electrons. The van der Waals surface area contributed by atoms with Gasteiger partial charge in [0.1, 0.15) is 17.8 Å². The molecule has 0 saturated heterocycles. The molecule has 0 amide bonds. The molecule has 7 heteroatoms. The molecule has 4 N–H and O–H groups in total. The van der Waals surface area contributed by atoms with Crippen LogP contribution in [0.25, 0.3) is 0 Å². The average Bonchev–Trinajstić information content (AvgIpc) is 2.66. The van der Waals surface area contributed by atoms with E-state index in [0.29, 0.717) is 28.2 Å². The Labute approximate surface area is 157 Å². The zero-order valence-corrected chi connectivity index (χ0v) is 15.3. The third-order valence-corrected chi connectivity index (χ3v) is 4.12. The van der Waals surface area contributed by atoms with Crippen molar-refractivity contribution >= 4 is 40.4 Å². The lowest BCUT2D eigenvalue weighted by molar-refractivity contribution is 0.795. The number of aromatic nitrogens is 3. The number of nitrogen functional groups attached to an aromatic ring is 1. The largest absolute Gasteiger partial charge is 0.393 e. The summed E-state index contributed by atoms with van der Waals surface area (Å²) in [5.74, 6) is 1.63. The third kappa shape index (κ3) is 4.61. The molecule has 6 nitrogen and oxygen atoms in total. The molecule has 2 heterocycles. The van der Waals surface area contributed by atoms with Crippen LogP contribution in [-0.2, 0) is 6.42 Å². The second-order valence-electron chi connectivity index (χ2n) is 5.90. The Morgan fingerprint density at radius 2 is 1.69 bits per heavy atom. The summed E-state index contributed by atoms with van der Waals surface area (Å²) in [5.41, 5.74) is 8.86. The summed E-state index contributed by atoms with van der Waals surface area (Å²) in [7, 11) is 0. The highest BCUT2D eigenvalue weighted by Crippen LogP contribution is 2.28. The van der Waals surface area contributed by atoms with E-state index in [-0.39, 0.29) is 0 Å². The maximum absolute atomic E-state index is 6.20. The van der Waals surface area contributed by atoms with Crippen molar-refractivity contribution in [2.45, 2.75) is 26.2 Å². The van der Waals surface area contributed by atoms with E-state index in [1.165, 1.54) is 24.7 Å². The number of hydrogen-bond donors (Lipinski definition) is 3. The van der Waals surface area contributed by atoms with Crippen LogP contribution in [-0.4, -0.2) is 15.0 Å². The van der Waals surface area contributed by atoms with Gasteiger partial charge in [0.15, 0.2) is 11.6 Å². The minimum atomic E-state index is 0.416. The standard InChI is InChI=1S/C19H21ClN6/c1-2-3-4-13-5-8-15(9-6-13)25-18-17(21)19(24-12-23-18)26-16-10-7-14(20)11-22-16/h5-12H,2-4,21H2,1H3,(H2,22,23,24,25,26). The lowest BCUT2D eigenvalue weighted by Crippen LogP contribution is -2.05. The molecule has 0 aliphatic heterocycles. The van der Waals surface area contributed by atoms with Crippen LogP contribution < -0.4 is 16.4 Å². The summed E-state index contributed by atoms with van der Waals surface area (Å²) in [6, 6.07) is 11.8. The Morgan fingerprint density at radius 1 is 0.962 bits per heavy atom. The summed E-state index contributed by atoms with van der Waals surface area (Å²) in [6.07, 6.45) is 6.48. The summed E-state index contributed by atoms with van der Waals surface area (Å²) >= 11 is 5.85. The first-order chi connectivity index (χ1) is 12.7. The van der Waals surface area contributed by atoms with Crippen LogP contribution in [0.5, 0.6) is 0 Å². The van der Waals surface area contributed by atoms with Crippen molar-refractivity contribution in [3.8, 4) is 0 Å². The quantitative estimate of drug-likeness (QED) is 0.547. The highest BCUT2D eigenvalue weighted by atomic mass is 35.5. The molecule has 0 aliphatic rings. The van der Waals surface area contributed by atoms with Gasteiger partial charge >= 0.3 is 0 Å². The van der Waals surface area contributed by atoms with E-state index in [2.05, 4.69) is 44.6 Å². The van der Waals surface area contributed by atoms with E-state index in [4.69, 9.17) is 17.3 Å². The topological polar surface area (TPSA) is 88.8 Å². The Morgan fingerprint density at radius 3 is 2.35 bits per heavy atom. The average molecular weight is 369 g/mol. The van der Waals surface area contributed by atoms with Gasteiger partial charge in [-0.25, -0.2) is 15.0 Å². The second-order valence-corrected chi connectivity index (χ2v) is 6.33. The summed E-state index contributed by atoms with van der Waals surface area (Å²) in [4.78, 5) is 12.6. The molecule has 0 fully saturated rings. The van der Waals surface area contributed by atoms with Gasteiger partial charge in [-0.15, -0.1) is 0 Å². The molecule has 2 aromatic heterocycles. The van der Waals surface area contributed by atoms with Crippen molar-refractivity contribution in [2.24, 2.45) is 0 Å². The number of unbranched alkanes of at least 4 members (excludes halogenated alkanes) is 1. The minimum Gasteiger partial charge on any atom is -0.393 e. The molecule has 0 atom stereocenters. The van der Waals surface area contributed by atoms with E-state index in [1.807, 2.05) is 12.1 Å². The first-order valence-electron chi connectivity index (χ1n) is 8.50. The van der Waals surface area contributed by atoms with Gasteiger partial charge < -0.3 is 16.4 Å². The lowest BCUT2D eigenvalue weighted by Gasteiger charge is -2.12. The molecule has 0 spiro atoms. The summed E-state index contributed by atoms with van der Waals surface area (Å²) in [6.45, 7) is 2.19. The predicted molar refractivity (Wildman–Crippen MR) is 107 cm³/mol. The highest BCUT2D eigenvalue weighted by Gasteiger charge is 2.09. The Kier molecular flexibility index (Phi) is 5.86. The summed E-state index contributed by atoms with van der Waals surface area (Å²) in [5, 5.41) is 6.87. The highest BCUT2D eigenvalue weighted by molar-refractivity contribution is 6.30.